The standard InChI is InChI=1S/C19H21N5O4S2/c1-22-13-16(18(21-22)14-4-3-7-20-12-14)30(26,27)24-10-8-23(9-11-24)19(25)15-5-6-17(28-2)29-15/h3-7,12-13H,8-11H2,1-2H3. The maximum Gasteiger partial charge on any atom is 0.264 e. The van der Waals surface area contributed by atoms with Gasteiger partial charge in [0.15, 0.2) is 5.06 Å². The van der Waals surface area contributed by atoms with E-state index in [0.29, 0.717) is 34.3 Å². The summed E-state index contributed by atoms with van der Waals surface area (Å²) in [5.74, 6) is -0.113. The van der Waals surface area contributed by atoms with Crippen molar-refractivity contribution >= 4 is 27.3 Å². The van der Waals surface area contributed by atoms with Crippen LogP contribution in [0.25, 0.3) is 11.3 Å². The predicted molar refractivity (Wildman–Crippen MR) is 112 cm³/mol. The minimum atomic E-state index is -3.77. The summed E-state index contributed by atoms with van der Waals surface area (Å²) in [4.78, 5) is 19.1. The number of sulfonamides is 1. The Morgan fingerprint density at radius 2 is 1.93 bits per heavy atom. The van der Waals surface area contributed by atoms with Gasteiger partial charge in [-0.05, 0) is 24.3 Å². The van der Waals surface area contributed by atoms with Crippen molar-refractivity contribution in [2.45, 2.75) is 4.90 Å². The van der Waals surface area contributed by atoms with Gasteiger partial charge in [0.05, 0.1) is 12.0 Å². The number of methoxy groups -OCH3 is 1. The van der Waals surface area contributed by atoms with Crippen molar-refractivity contribution in [3.63, 3.8) is 0 Å². The summed E-state index contributed by atoms with van der Waals surface area (Å²) >= 11 is 1.28. The molecule has 0 unspecified atom stereocenters. The molecule has 158 valence electrons. The van der Waals surface area contributed by atoms with E-state index in [9.17, 15) is 13.2 Å². The van der Waals surface area contributed by atoms with Crippen LogP contribution in [0.2, 0.25) is 0 Å². The van der Waals surface area contributed by atoms with Crippen LogP contribution in [0.3, 0.4) is 0 Å². The van der Waals surface area contributed by atoms with Crippen LogP contribution in [-0.4, -0.2) is 71.6 Å². The lowest BCUT2D eigenvalue weighted by atomic mass is 10.2. The number of thiophene rings is 1. The molecule has 9 nitrogen and oxygen atoms in total. The molecule has 1 amide bonds. The molecule has 0 N–H and O–H groups in total. The third-order valence-corrected chi connectivity index (χ3v) is 7.80. The van der Waals surface area contributed by atoms with Gasteiger partial charge >= 0.3 is 0 Å². The number of piperazine rings is 1. The number of amides is 1. The van der Waals surface area contributed by atoms with Crippen molar-refractivity contribution < 1.29 is 17.9 Å². The Morgan fingerprint density at radius 3 is 2.57 bits per heavy atom. The Morgan fingerprint density at radius 1 is 1.17 bits per heavy atom. The van der Waals surface area contributed by atoms with Crippen molar-refractivity contribution in [2.75, 3.05) is 33.3 Å². The van der Waals surface area contributed by atoms with Crippen LogP contribution in [-0.2, 0) is 17.1 Å². The number of aromatic nitrogens is 3. The van der Waals surface area contributed by atoms with Crippen molar-refractivity contribution in [1.29, 1.82) is 0 Å². The summed E-state index contributed by atoms with van der Waals surface area (Å²) < 4.78 is 34.7. The zero-order valence-corrected chi connectivity index (χ0v) is 18.2. The largest absolute Gasteiger partial charge is 0.487 e. The fourth-order valence-electron chi connectivity index (χ4n) is 3.33. The molecule has 1 saturated heterocycles. The Balaban J connectivity index is 1.52. The molecule has 3 aromatic rings. The van der Waals surface area contributed by atoms with Gasteiger partial charge in [-0.1, -0.05) is 11.3 Å². The summed E-state index contributed by atoms with van der Waals surface area (Å²) in [7, 11) is -0.524. The van der Waals surface area contributed by atoms with Crippen molar-refractivity contribution in [1.82, 2.24) is 24.0 Å². The number of carbonyl (C=O) groups is 1. The van der Waals surface area contributed by atoms with Gasteiger partial charge in [0.25, 0.3) is 5.91 Å². The van der Waals surface area contributed by atoms with Gasteiger partial charge in [-0.25, -0.2) is 8.42 Å². The number of carbonyl (C=O) groups excluding carboxylic acids is 1. The molecule has 0 spiro atoms. The van der Waals surface area contributed by atoms with Gasteiger partial charge in [-0.2, -0.15) is 9.40 Å². The van der Waals surface area contributed by atoms with E-state index in [0.717, 1.165) is 0 Å². The van der Waals surface area contributed by atoms with E-state index >= 15 is 0 Å². The van der Waals surface area contributed by atoms with Crippen molar-refractivity contribution in [2.24, 2.45) is 7.05 Å². The Bertz CT molecular complexity index is 1150. The van der Waals surface area contributed by atoms with Crippen LogP contribution in [0, 0.1) is 0 Å². The second kappa shape index (κ2) is 8.17. The molecule has 0 aliphatic carbocycles. The SMILES string of the molecule is COc1ccc(C(=O)N2CCN(S(=O)(=O)c3cn(C)nc3-c3cccnc3)CC2)s1. The summed E-state index contributed by atoms with van der Waals surface area (Å²) in [6.45, 7) is 1.08. The van der Waals surface area contributed by atoms with Crippen LogP contribution < -0.4 is 4.74 Å². The molecule has 1 fully saturated rings. The van der Waals surface area contributed by atoms with E-state index in [2.05, 4.69) is 10.1 Å². The summed E-state index contributed by atoms with van der Waals surface area (Å²) in [5.41, 5.74) is 1.01. The van der Waals surface area contributed by atoms with Gasteiger partial charge in [0, 0.05) is 57.4 Å². The smallest absolute Gasteiger partial charge is 0.264 e. The number of hydrogen-bond acceptors (Lipinski definition) is 7. The number of aryl methyl sites for hydroxylation is 1. The molecule has 1 aliphatic heterocycles. The predicted octanol–water partition coefficient (Wildman–Crippen LogP) is 1.70. The first-order chi connectivity index (χ1) is 14.4. The molecule has 3 aromatic heterocycles. The van der Waals surface area contributed by atoms with E-state index in [1.54, 1.807) is 55.7 Å². The molecule has 0 radical (unpaired) electrons. The number of pyridine rings is 1. The average Bonchev–Trinajstić information content (AvgIpc) is 3.41. The zero-order chi connectivity index (χ0) is 21.3. The van der Waals surface area contributed by atoms with Crippen LogP contribution >= 0.6 is 11.3 Å². The molecule has 0 atom stereocenters. The maximum atomic E-state index is 13.3. The number of hydrogen-bond donors (Lipinski definition) is 0. The highest BCUT2D eigenvalue weighted by Crippen LogP contribution is 2.29. The molecule has 4 rings (SSSR count). The fourth-order valence-corrected chi connectivity index (χ4v) is 5.73. The highest BCUT2D eigenvalue weighted by molar-refractivity contribution is 7.89. The highest BCUT2D eigenvalue weighted by Gasteiger charge is 2.34. The highest BCUT2D eigenvalue weighted by atomic mass is 32.2. The lowest BCUT2D eigenvalue weighted by molar-refractivity contribution is 0.0703. The third-order valence-electron chi connectivity index (χ3n) is 4.87. The van der Waals surface area contributed by atoms with Gasteiger partial charge in [-0.3, -0.25) is 14.5 Å². The molecule has 30 heavy (non-hydrogen) atoms. The third kappa shape index (κ3) is 3.83. The minimum Gasteiger partial charge on any atom is -0.487 e. The van der Waals surface area contributed by atoms with Gasteiger partial charge in [0.1, 0.15) is 10.6 Å². The van der Waals surface area contributed by atoms with Crippen LogP contribution in [0.5, 0.6) is 5.06 Å². The average molecular weight is 448 g/mol. The van der Waals surface area contributed by atoms with Crippen LogP contribution in [0.4, 0.5) is 0 Å². The first-order valence-corrected chi connectivity index (χ1v) is 11.5. The quantitative estimate of drug-likeness (QED) is 0.591. The molecule has 1 aliphatic rings. The number of nitrogens with zero attached hydrogens (tertiary/aromatic N) is 5. The summed E-state index contributed by atoms with van der Waals surface area (Å²) in [6, 6.07) is 7.00. The summed E-state index contributed by atoms with van der Waals surface area (Å²) in [5, 5.41) is 5.00. The van der Waals surface area contributed by atoms with E-state index in [4.69, 9.17) is 4.74 Å². The van der Waals surface area contributed by atoms with Gasteiger partial charge < -0.3 is 9.64 Å². The van der Waals surface area contributed by atoms with E-state index in [-0.39, 0.29) is 23.9 Å². The molecule has 0 aromatic carbocycles. The molecule has 4 heterocycles. The van der Waals surface area contributed by atoms with E-state index in [1.165, 1.54) is 26.5 Å². The molecular formula is C19H21N5O4S2. The van der Waals surface area contributed by atoms with Gasteiger partial charge in [0.2, 0.25) is 10.0 Å². The molecule has 11 heteroatoms. The lowest BCUT2D eigenvalue weighted by Gasteiger charge is -2.33. The molecule has 0 bridgehead atoms. The molecule has 0 saturated carbocycles. The minimum absolute atomic E-state index is 0.113. The summed E-state index contributed by atoms with van der Waals surface area (Å²) in [6.07, 6.45) is 4.72. The number of ether oxygens (including phenoxy) is 1. The van der Waals surface area contributed by atoms with Crippen LogP contribution in [0.1, 0.15) is 9.67 Å². The van der Waals surface area contributed by atoms with Gasteiger partial charge in [-0.15, -0.1) is 0 Å². The first-order valence-electron chi connectivity index (χ1n) is 9.27. The second-order valence-corrected chi connectivity index (χ2v) is 9.73. The van der Waals surface area contributed by atoms with Crippen LogP contribution in [0.15, 0.2) is 47.8 Å². The lowest BCUT2D eigenvalue weighted by Crippen LogP contribution is -2.50. The maximum absolute atomic E-state index is 13.3. The van der Waals surface area contributed by atoms with Crippen molar-refractivity contribution in [3.05, 3.63) is 47.7 Å². The zero-order valence-electron chi connectivity index (χ0n) is 16.6. The number of rotatable bonds is 5. The monoisotopic (exact) mass is 447 g/mol. The Hall–Kier alpha value is -2.76. The molecular weight excluding hydrogens is 426 g/mol. The van der Waals surface area contributed by atoms with E-state index < -0.39 is 10.0 Å². The second-order valence-electron chi connectivity index (χ2n) is 6.78. The van der Waals surface area contributed by atoms with Crippen molar-refractivity contribution in [3.8, 4) is 16.3 Å². The normalized spacial score (nSPS) is 15.3. The first kappa shape index (κ1) is 20.5. The fraction of sp³-hybridized carbons (Fsp3) is 0.316. The topological polar surface area (TPSA) is 97.6 Å². The Labute approximate surface area is 178 Å². The Kier molecular flexibility index (Phi) is 5.58. The van der Waals surface area contributed by atoms with E-state index in [1.807, 2.05) is 0 Å².